The topological polar surface area (TPSA) is 18.5 Å². The molecule has 6 heteroatoms. The van der Waals surface area contributed by atoms with Crippen molar-refractivity contribution in [3.8, 4) is 22.6 Å². The van der Waals surface area contributed by atoms with E-state index in [4.69, 9.17) is 9.47 Å². The van der Waals surface area contributed by atoms with Gasteiger partial charge in [0.2, 0.25) is 5.82 Å². The second-order valence-electron chi connectivity index (χ2n) is 9.04. The van der Waals surface area contributed by atoms with Crippen LogP contribution in [0, 0.1) is 23.3 Å². The van der Waals surface area contributed by atoms with E-state index in [1.807, 2.05) is 6.92 Å². The summed E-state index contributed by atoms with van der Waals surface area (Å²) in [6.07, 6.45) is 4.40. The van der Waals surface area contributed by atoms with E-state index in [0.29, 0.717) is 61.2 Å². The van der Waals surface area contributed by atoms with Crippen molar-refractivity contribution >= 4 is 0 Å². The predicted octanol–water partition coefficient (Wildman–Crippen LogP) is 8.71. The molecule has 4 rings (SSSR count). The van der Waals surface area contributed by atoms with Gasteiger partial charge in [-0.3, -0.25) is 0 Å². The van der Waals surface area contributed by atoms with Gasteiger partial charge in [0.05, 0.1) is 13.2 Å². The highest BCUT2D eigenvalue weighted by Gasteiger charge is 2.29. The lowest BCUT2D eigenvalue weighted by Gasteiger charge is -2.30. The number of halogens is 4. The van der Waals surface area contributed by atoms with E-state index in [2.05, 4.69) is 6.58 Å². The van der Waals surface area contributed by atoms with Crippen LogP contribution in [0.25, 0.3) is 11.1 Å². The maximum atomic E-state index is 15.1. The molecule has 1 aliphatic carbocycles. The van der Waals surface area contributed by atoms with Crippen molar-refractivity contribution in [1.82, 2.24) is 0 Å². The third-order valence-electron chi connectivity index (χ3n) is 6.85. The fourth-order valence-corrected chi connectivity index (χ4v) is 4.94. The molecule has 0 amide bonds. The molecule has 0 heterocycles. The van der Waals surface area contributed by atoms with Gasteiger partial charge in [-0.1, -0.05) is 36.4 Å². The molecule has 3 aromatic carbocycles. The van der Waals surface area contributed by atoms with E-state index in [0.717, 1.165) is 0 Å². The molecule has 0 bridgehead atoms. The monoisotopic (exact) mass is 498 g/mol. The molecule has 0 saturated heterocycles. The van der Waals surface area contributed by atoms with Crippen LogP contribution in [0.15, 0.2) is 61.2 Å². The van der Waals surface area contributed by atoms with Crippen LogP contribution in [-0.2, 0) is 0 Å². The highest BCUT2D eigenvalue weighted by atomic mass is 19.2. The first-order chi connectivity index (χ1) is 17.4. The smallest absolute Gasteiger partial charge is 0.200 e. The van der Waals surface area contributed by atoms with Gasteiger partial charge in [-0.25, -0.2) is 13.2 Å². The zero-order valence-corrected chi connectivity index (χ0v) is 20.3. The third kappa shape index (κ3) is 5.43. The van der Waals surface area contributed by atoms with Gasteiger partial charge in [-0.05, 0) is 85.8 Å². The van der Waals surface area contributed by atoms with E-state index in [1.165, 1.54) is 6.07 Å². The van der Waals surface area contributed by atoms with E-state index >= 15 is 8.78 Å². The number of hydrogen-bond donors (Lipinski definition) is 0. The molecular formula is C30H30F4O2. The van der Waals surface area contributed by atoms with Crippen molar-refractivity contribution in [3.63, 3.8) is 0 Å². The molecule has 0 spiro atoms. The minimum absolute atomic E-state index is 0.114. The Balaban J connectivity index is 1.45. The Morgan fingerprint density at radius 2 is 1.33 bits per heavy atom. The van der Waals surface area contributed by atoms with Crippen molar-refractivity contribution in [3.05, 3.63) is 95.6 Å². The summed E-state index contributed by atoms with van der Waals surface area (Å²) in [6, 6.07) is 13.1. The summed E-state index contributed by atoms with van der Waals surface area (Å²) in [7, 11) is 0. The highest BCUT2D eigenvalue weighted by Crippen LogP contribution is 2.43. The van der Waals surface area contributed by atoms with Crippen molar-refractivity contribution < 1.29 is 27.0 Å². The maximum absolute atomic E-state index is 15.1. The fourth-order valence-electron chi connectivity index (χ4n) is 4.94. The van der Waals surface area contributed by atoms with Crippen LogP contribution < -0.4 is 9.47 Å². The largest absolute Gasteiger partial charge is 0.494 e. The van der Waals surface area contributed by atoms with Gasteiger partial charge in [0.1, 0.15) is 5.75 Å². The standard InChI is InChI=1S/C30H30F4O2/c1-3-5-18-36-26-17-16-25(29(33)30(26)34)20-8-6-19(7-9-20)23-14-15-24(28(32)27(23)31)21-10-12-22(13-11-21)35-4-2/h3,10-17,19-20H,1,4-9,18H2,2H3. The highest BCUT2D eigenvalue weighted by molar-refractivity contribution is 5.65. The van der Waals surface area contributed by atoms with Crippen LogP contribution in [0.3, 0.4) is 0 Å². The average Bonchev–Trinajstić information content (AvgIpc) is 2.89. The Labute approximate surface area is 209 Å². The van der Waals surface area contributed by atoms with E-state index < -0.39 is 23.3 Å². The van der Waals surface area contributed by atoms with Crippen LogP contribution in [-0.4, -0.2) is 13.2 Å². The molecule has 0 aromatic heterocycles. The summed E-state index contributed by atoms with van der Waals surface area (Å²) in [5.41, 5.74) is 1.40. The Morgan fingerprint density at radius 3 is 1.92 bits per heavy atom. The van der Waals surface area contributed by atoms with Crippen molar-refractivity contribution in [1.29, 1.82) is 0 Å². The van der Waals surface area contributed by atoms with E-state index in [9.17, 15) is 8.78 Å². The zero-order chi connectivity index (χ0) is 25.7. The van der Waals surface area contributed by atoms with Gasteiger partial charge in [0.15, 0.2) is 23.2 Å². The van der Waals surface area contributed by atoms with Crippen molar-refractivity contribution in [2.75, 3.05) is 13.2 Å². The molecule has 0 unspecified atom stereocenters. The summed E-state index contributed by atoms with van der Waals surface area (Å²) in [6.45, 7) is 6.20. The van der Waals surface area contributed by atoms with Gasteiger partial charge in [0.25, 0.3) is 0 Å². The lowest BCUT2D eigenvalue weighted by molar-refractivity contribution is 0.299. The average molecular weight is 499 g/mol. The van der Waals surface area contributed by atoms with Crippen LogP contribution in [0.2, 0.25) is 0 Å². The lowest BCUT2D eigenvalue weighted by Crippen LogP contribution is -2.15. The Morgan fingerprint density at radius 1 is 0.750 bits per heavy atom. The minimum Gasteiger partial charge on any atom is -0.494 e. The molecular weight excluding hydrogens is 468 g/mol. The maximum Gasteiger partial charge on any atom is 0.200 e. The Kier molecular flexibility index (Phi) is 8.34. The van der Waals surface area contributed by atoms with Crippen LogP contribution in [0.4, 0.5) is 17.6 Å². The van der Waals surface area contributed by atoms with E-state index in [1.54, 1.807) is 48.5 Å². The SMILES string of the molecule is C=CCCOc1ccc(C2CCC(c3ccc(-c4ccc(OCC)cc4)c(F)c3F)CC2)c(F)c1F. The number of rotatable bonds is 9. The molecule has 0 radical (unpaired) electrons. The molecule has 0 N–H and O–H groups in total. The summed E-state index contributed by atoms with van der Waals surface area (Å²) < 4.78 is 70.1. The minimum atomic E-state index is -0.989. The molecule has 2 nitrogen and oxygen atoms in total. The number of benzene rings is 3. The second-order valence-corrected chi connectivity index (χ2v) is 9.04. The van der Waals surface area contributed by atoms with Crippen LogP contribution in [0.1, 0.15) is 62.0 Å². The predicted molar refractivity (Wildman–Crippen MR) is 134 cm³/mol. The van der Waals surface area contributed by atoms with Crippen LogP contribution >= 0.6 is 0 Å². The Bertz CT molecular complexity index is 1200. The summed E-state index contributed by atoms with van der Waals surface area (Å²) in [4.78, 5) is 0. The molecule has 0 aliphatic heterocycles. The van der Waals surface area contributed by atoms with Gasteiger partial charge < -0.3 is 9.47 Å². The normalized spacial score (nSPS) is 17.6. The summed E-state index contributed by atoms with van der Waals surface area (Å²) >= 11 is 0. The molecule has 36 heavy (non-hydrogen) atoms. The lowest BCUT2D eigenvalue weighted by atomic mass is 9.75. The fraction of sp³-hybridized carbons (Fsp3) is 0.333. The zero-order valence-electron chi connectivity index (χ0n) is 20.3. The van der Waals surface area contributed by atoms with Gasteiger partial charge in [0, 0.05) is 5.56 Å². The summed E-state index contributed by atoms with van der Waals surface area (Å²) in [5.74, 6) is -3.42. The first kappa shape index (κ1) is 25.8. The summed E-state index contributed by atoms with van der Waals surface area (Å²) in [5, 5.41) is 0. The molecule has 0 atom stereocenters. The van der Waals surface area contributed by atoms with Crippen LogP contribution in [0.5, 0.6) is 11.5 Å². The van der Waals surface area contributed by atoms with Gasteiger partial charge >= 0.3 is 0 Å². The molecule has 1 fully saturated rings. The number of hydrogen-bond acceptors (Lipinski definition) is 2. The van der Waals surface area contributed by atoms with E-state index in [-0.39, 0.29) is 29.8 Å². The first-order valence-electron chi connectivity index (χ1n) is 12.4. The van der Waals surface area contributed by atoms with Gasteiger partial charge in [-0.15, -0.1) is 6.58 Å². The molecule has 1 saturated carbocycles. The molecule has 1 aliphatic rings. The molecule has 190 valence electrons. The second kappa shape index (κ2) is 11.6. The quantitative estimate of drug-likeness (QED) is 0.167. The van der Waals surface area contributed by atoms with Gasteiger partial charge in [-0.2, -0.15) is 4.39 Å². The van der Waals surface area contributed by atoms with Crippen molar-refractivity contribution in [2.24, 2.45) is 0 Å². The molecule has 3 aromatic rings. The van der Waals surface area contributed by atoms with Crippen molar-refractivity contribution in [2.45, 2.75) is 50.9 Å². The Hall–Kier alpha value is -3.28. The number of ether oxygens (including phenoxy) is 2. The third-order valence-corrected chi connectivity index (χ3v) is 6.85. The first-order valence-corrected chi connectivity index (χ1v) is 12.4.